The number of H-pyrrole nitrogens is 1. The molecule has 3 heterocycles. The van der Waals surface area contributed by atoms with Gasteiger partial charge in [0.1, 0.15) is 6.10 Å². The van der Waals surface area contributed by atoms with Crippen molar-refractivity contribution in [2.24, 2.45) is 0 Å². The van der Waals surface area contributed by atoms with E-state index in [9.17, 15) is 4.79 Å². The van der Waals surface area contributed by atoms with Crippen molar-refractivity contribution in [3.63, 3.8) is 0 Å². The molecule has 2 N–H and O–H groups in total. The number of aryl methyl sites for hydroxylation is 2. The van der Waals surface area contributed by atoms with Crippen LogP contribution < -0.4 is 10.1 Å². The molecule has 1 fully saturated rings. The minimum Gasteiger partial charge on any atom is -0.485 e. The fourth-order valence-corrected chi connectivity index (χ4v) is 3.51. The van der Waals surface area contributed by atoms with Crippen molar-refractivity contribution < 1.29 is 9.53 Å². The first-order chi connectivity index (χ1) is 12.7. The normalized spacial score (nSPS) is 19.8. The molecule has 8 nitrogen and oxygen atoms in total. The third-order valence-electron chi connectivity index (χ3n) is 4.88. The molecule has 3 aromatic rings. The Labute approximate surface area is 150 Å². The van der Waals surface area contributed by atoms with Crippen molar-refractivity contribution >= 4 is 16.9 Å². The number of amides is 1. The van der Waals surface area contributed by atoms with Crippen LogP contribution in [0, 0.1) is 6.92 Å². The van der Waals surface area contributed by atoms with E-state index in [2.05, 4.69) is 25.6 Å². The maximum Gasteiger partial charge on any atom is 0.253 e. The lowest BCUT2D eigenvalue weighted by molar-refractivity contribution is 0.0893. The molecule has 0 aliphatic heterocycles. The topological polar surface area (TPSA) is 97.7 Å². The molecule has 1 saturated carbocycles. The molecule has 0 radical (unpaired) electrons. The minimum atomic E-state index is -0.117. The molecule has 8 heteroatoms. The number of aromatic amines is 1. The van der Waals surface area contributed by atoms with Crippen molar-refractivity contribution in [1.82, 2.24) is 30.3 Å². The number of hydrogen-bond donors (Lipinski definition) is 2. The molecule has 3 aromatic heterocycles. The molecule has 136 valence electrons. The van der Waals surface area contributed by atoms with Crippen molar-refractivity contribution in [2.45, 2.75) is 51.8 Å². The third-order valence-corrected chi connectivity index (χ3v) is 4.88. The van der Waals surface area contributed by atoms with Gasteiger partial charge in [-0.25, -0.2) is 9.67 Å². The summed E-state index contributed by atoms with van der Waals surface area (Å²) in [6, 6.07) is 1.85. The Morgan fingerprint density at radius 1 is 1.42 bits per heavy atom. The highest BCUT2D eigenvalue weighted by Crippen LogP contribution is 2.25. The van der Waals surface area contributed by atoms with Crippen LogP contribution in [0.3, 0.4) is 0 Å². The zero-order valence-corrected chi connectivity index (χ0v) is 14.9. The maximum absolute atomic E-state index is 12.8. The molecule has 0 aromatic carbocycles. The van der Waals surface area contributed by atoms with Crippen LogP contribution in [-0.4, -0.2) is 43.0 Å². The molecule has 0 spiro atoms. The molecule has 2 atom stereocenters. The van der Waals surface area contributed by atoms with Crippen LogP contribution >= 0.6 is 0 Å². The number of carbonyl (C=O) groups excluding carboxylic acids is 1. The summed E-state index contributed by atoms with van der Waals surface area (Å²) in [5, 5.41) is 14.9. The van der Waals surface area contributed by atoms with Crippen LogP contribution in [0.4, 0.5) is 0 Å². The summed E-state index contributed by atoms with van der Waals surface area (Å²) in [5.74, 6) is 0.580. The summed E-state index contributed by atoms with van der Waals surface area (Å²) in [6.07, 6.45) is 7.90. The number of pyridine rings is 1. The predicted molar refractivity (Wildman–Crippen MR) is 96.0 cm³/mol. The van der Waals surface area contributed by atoms with Gasteiger partial charge >= 0.3 is 0 Å². The number of ether oxygens (including phenoxy) is 1. The second kappa shape index (κ2) is 6.78. The van der Waals surface area contributed by atoms with Gasteiger partial charge in [0.25, 0.3) is 5.91 Å². The third kappa shape index (κ3) is 3.02. The molecule has 0 saturated heterocycles. The van der Waals surface area contributed by atoms with E-state index in [4.69, 9.17) is 4.74 Å². The number of aromatic nitrogens is 5. The highest BCUT2D eigenvalue weighted by molar-refractivity contribution is 5.98. The zero-order valence-electron chi connectivity index (χ0n) is 14.9. The molecule has 0 bridgehead atoms. The number of nitrogens with one attached hydrogen (secondary N) is 2. The van der Waals surface area contributed by atoms with Crippen LogP contribution in [0.15, 0.2) is 24.7 Å². The van der Waals surface area contributed by atoms with Gasteiger partial charge in [0.05, 0.1) is 35.9 Å². The van der Waals surface area contributed by atoms with Gasteiger partial charge in [-0.3, -0.25) is 9.89 Å². The van der Waals surface area contributed by atoms with Crippen LogP contribution in [0.1, 0.15) is 42.2 Å². The van der Waals surface area contributed by atoms with Crippen molar-refractivity contribution in [3.8, 4) is 5.75 Å². The lowest BCUT2D eigenvalue weighted by atomic mass is 10.1. The molecule has 26 heavy (non-hydrogen) atoms. The lowest BCUT2D eigenvalue weighted by Crippen LogP contribution is -2.42. The van der Waals surface area contributed by atoms with Crippen LogP contribution in [0.5, 0.6) is 5.75 Å². The Morgan fingerprint density at radius 2 is 2.31 bits per heavy atom. The van der Waals surface area contributed by atoms with Crippen molar-refractivity contribution in [1.29, 1.82) is 0 Å². The van der Waals surface area contributed by atoms with E-state index in [0.717, 1.165) is 36.8 Å². The molecule has 1 amide bonds. The van der Waals surface area contributed by atoms with Crippen molar-refractivity contribution in [3.05, 3.63) is 35.9 Å². The van der Waals surface area contributed by atoms with Crippen LogP contribution in [0.25, 0.3) is 11.0 Å². The molecule has 0 unspecified atom stereocenters. The Kier molecular flexibility index (Phi) is 4.32. The van der Waals surface area contributed by atoms with E-state index < -0.39 is 0 Å². The van der Waals surface area contributed by atoms with E-state index in [1.165, 1.54) is 0 Å². The average molecular weight is 354 g/mol. The van der Waals surface area contributed by atoms with E-state index in [0.29, 0.717) is 17.0 Å². The first-order valence-corrected chi connectivity index (χ1v) is 8.95. The van der Waals surface area contributed by atoms with E-state index in [1.807, 2.05) is 24.6 Å². The fourth-order valence-electron chi connectivity index (χ4n) is 3.51. The summed E-state index contributed by atoms with van der Waals surface area (Å²) in [7, 11) is 0. The summed E-state index contributed by atoms with van der Waals surface area (Å²) in [5.41, 5.74) is 2.10. The van der Waals surface area contributed by atoms with Gasteiger partial charge in [-0.1, -0.05) is 0 Å². The summed E-state index contributed by atoms with van der Waals surface area (Å²) in [6.45, 7) is 4.62. The molecule has 4 rings (SSSR count). The summed E-state index contributed by atoms with van der Waals surface area (Å²) in [4.78, 5) is 17.4. The van der Waals surface area contributed by atoms with Gasteiger partial charge in [0, 0.05) is 11.9 Å². The number of fused-ring (bicyclic) bond motifs is 1. The number of nitrogens with zero attached hydrogens (tertiary/aromatic N) is 4. The van der Waals surface area contributed by atoms with Gasteiger partial charge < -0.3 is 10.1 Å². The van der Waals surface area contributed by atoms with Gasteiger partial charge in [-0.2, -0.15) is 10.2 Å². The van der Waals surface area contributed by atoms with Gasteiger partial charge in [-0.05, 0) is 39.2 Å². The smallest absolute Gasteiger partial charge is 0.253 e. The SMILES string of the molecule is CCn1ncc2cc(C(=O)N[C@H]3CCC[C@H]3Oc3cn[nH]c3)c(C)nc21. The summed E-state index contributed by atoms with van der Waals surface area (Å²) >= 11 is 0. The lowest BCUT2D eigenvalue weighted by Gasteiger charge is -2.22. The Morgan fingerprint density at radius 3 is 3.08 bits per heavy atom. The van der Waals surface area contributed by atoms with Gasteiger partial charge in [-0.15, -0.1) is 0 Å². The fraction of sp³-hybridized carbons (Fsp3) is 0.444. The second-order valence-electron chi connectivity index (χ2n) is 6.60. The second-order valence-corrected chi connectivity index (χ2v) is 6.60. The highest BCUT2D eigenvalue weighted by atomic mass is 16.5. The molecule has 1 aliphatic carbocycles. The predicted octanol–water partition coefficient (Wildman–Crippen LogP) is 2.21. The molecule has 1 aliphatic rings. The number of hydrogen-bond acceptors (Lipinski definition) is 5. The monoisotopic (exact) mass is 354 g/mol. The number of carbonyl (C=O) groups is 1. The maximum atomic E-state index is 12.8. The average Bonchev–Trinajstić information content (AvgIpc) is 3.36. The van der Waals surface area contributed by atoms with Crippen molar-refractivity contribution in [2.75, 3.05) is 0 Å². The zero-order chi connectivity index (χ0) is 18.1. The summed E-state index contributed by atoms with van der Waals surface area (Å²) < 4.78 is 7.77. The minimum absolute atomic E-state index is 0.0224. The molecular formula is C18H22N6O2. The van der Waals surface area contributed by atoms with Gasteiger partial charge in [0.2, 0.25) is 0 Å². The Bertz CT molecular complexity index is 917. The standard InChI is InChI=1S/C18H22N6O2/c1-3-24-17-12(8-21-24)7-14(11(2)22-17)18(25)23-15-5-4-6-16(15)26-13-9-19-20-10-13/h7-10,15-16H,3-6H2,1-2H3,(H,19,20)(H,23,25)/t15-,16+/m0/s1. The van der Waals surface area contributed by atoms with Gasteiger partial charge in [0.15, 0.2) is 11.4 Å². The Balaban J connectivity index is 1.52. The largest absolute Gasteiger partial charge is 0.485 e. The van der Waals surface area contributed by atoms with E-state index >= 15 is 0 Å². The van der Waals surface area contributed by atoms with Crippen LogP contribution in [-0.2, 0) is 6.54 Å². The quantitative estimate of drug-likeness (QED) is 0.732. The highest BCUT2D eigenvalue weighted by Gasteiger charge is 2.31. The Hall–Kier alpha value is -2.90. The van der Waals surface area contributed by atoms with E-state index in [1.54, 1.807) is 18.6 Å². The number of rotatable bonds is 5. The first kappa shape index (κ1) is 16.6. The first-order valence-electron chi connectivity index (χ1n) is 8.95. The van der Waals surface area contributed by atoms with Crippen LogP contribution in [0.2, 0.25) is 0 Å². The molecular weight excluding hydrogens is 332 g/mol. The van der Waals surface area contributed by atoms with E-state index in [-0.39, 0.29) is 18.1 Å².